The van der Waals surface area contributed by atoms with Gasteiger partial charge in [0.1, 0.15) is 5.82 Å². The molecule has 0 radical (unpaired) electrons. The zero-order chi connectivity index (χ0) is 11.7. The molecule has 4 nitrogen and oxygen atoms in total. The van der Waals surface area contributed by atoms with Gasteiger partial charge in [0, 0.05) is 24.5 Å². The van der Waals surface area contributed by atoms with Crippen LogP contribution in [0.2, 0.25) is 0 Å². The van der Waals surface area contributed by atoms with Gasteiger partial charge in [-0.3, -0.25) is 0 Å². The summed E-state index contributed by atoms with van der Waals surface area (Å²) in [7, 11) is 0. The lowest BCUT2D eigenvalue weighted by atomic mass is 9.92. The molecule has 2 heterocycles. The molecule has 1 aromatic heterocycles. The summed E-state index contributed by atoms with van der Waals surface area (Å²) in [6, 6.07) is 6.23. The van der Waals surface area contributed by atoms with Gasteiger partial charge in [-0.1, -0.05) is 18.2 Å². The van der Waals surface area contributed by atoms with Gasteiger partial charge in [0.05, 0.1) is 12.7 Å². The van der Waals surface area contributed by atoms with Crippen molar-refractivity contribution in [1.29, 1.82) is 0 Å². The zero-order valence-corrected chi connectivity index (χ0v) is 10.7. The van der Waals surface area contributed by atoms with Crippen LogP contribution in [0.3, 0.4) is 0 Å². The van der Waals surface area contributed by atoms with Crippen LogP contribution in [-0.4, -0.2) is 23.1 Å². The minimum atomic E-state index is 0. The average Bonchev–Trinajstić information content (AvgIpc) is 2.91. The third-order valence-corrected chi connectivity index (χ3v) is 3.20. The van der Waals surface area contributed by atoms with Crippen LogP contribution in [0.4, 0.5) is 0 Å². The fourth-order valence-electron chi connectivity index (χ4n) is 2.41. The third-order valence-electron chi connectivity index (χ3n) is 3.20. The number of aromatic nitrogens is 2. The van der Waals surface area contributed by atoms with Crippen molar-refractivity contribution in [2.24, 2.45) is 5.73 Å². The highest BCUT2D eigenvalue weighted by Crippen LogP contribution is 2.32. The number of aromatic amines is 1. The van der Waals surface area contributed by atoms with Gasteiger partial charge in [-0.15, -0.1) is 12.4 Å². The Kier molecular flexibility index (Phi) is 4.01. The van der Waals surface area contributed by atoms with Crippen molar-refractivity contribution in [3.63, 3.8) is 0 Å². The average molecular weight is 266 g/mol. The smallest absolute Gasteiger partial charge is 0.137 e. The highest BCUT2D eigenvalue weighted by atomic mass is 35.5. The second-order valence-electron chi connectivity index (χ2n) is 4.16. The number of benzene rings is 1. The van der Waals surface area contributed by atoms with Crippen molar-refractivity contribution in [3.8, 4) is 11.4 Å². The second kappa shape index (κ2) is 5.52. The minimum absolute atomic E-state index is 0. The van der Waals surface area contributed by atoms with Gasteiger partial charge in [0.2, 0.25) is 0 Å². The van der Waals surface area contributed by atoms with E-state index in [0.29, 0.717) is 6.54 Å². The first-order chi connectivity index (χ1) is 8.40. The number of rotatable bonds is 2. The first-order valence-corrected chi connectivity index (χ1v) is 5.83. The summed E-state index contributed by atoms with van der Waals surface area (Å²) in [5.74, 6) is 0.916. The highest BCUT2D eigenvalue weighted by Gasteiger charge is 2.22. The van der Waals surface area contributed by atoms with Crippen LogP contribution in [0.1, 0.15) is 17.2 Å². The number of ether oxygens (including phenoxy) is 1. The molecule has 0 spiro atoms. The van der Waals surface area contributed by atoms with Crippen LogP contribution < -0.4 is 5.73 Å². The Labute approximate surface area is 112 Å². The maximum Gasteiger partial charge on any atom is 0.137 e. The molecule has 3 rings (SSSR count). The van der Waals surface area contributed by atoms with E-state index in [0.717, 1.165) is 24.4 Å². The topological polar surface area (TPSA) is 63.9 Å². The van der Waals surface area contributed by atoms with Gasteiger partial charge in [-0.05, 0) is 17.5 Å². The maximum atomic E-state index is 5.74. The Morgan fingerprint density at radius 2 is 2.33 bits per heavy atom. The predicted octanol–water partition coefficient (Wildman–Crippen LogP) is 2.07. The molecule has 96 valence electrons. The fraction of sp³-hybridized carbons (Fsp3) is 0.308. The lowest BCUT2D eigenvalue weighted by Gasteiger charge is -2.26. The third kappa shape index (κ3) is 2.14. The van der Waals surface area contributed by atoms with E-state index < -0.39 is 0 Å². The van der Waals surface area contributed by atoms with Crippen molar-refractivity contribution in [2.45, 2.75) is 12.5 Å². The number of fused-ring (bicyclic) bond motifs is 1. The summed E-state index contributed by atoms with van der Waals surface area (Å²) < 4.78 is 5.67. The van der Waals surface area contributed by atoms with Gasteiger partial charge >= 0.3 is 0 Å². The van der Waals surface area contributed by atoms with E-state index in [-0.39, 0.29) is 18.5 Å². The molecule has 3 N–H and O–H groups in total. The number of halogens is 1. The van der Waals surface area contributed by atoms with Gasteiger partial charge in [-0.2, -0.15) is 0 Å². The molecular formula is C13H16ClN3O. The molecule has 0 aliphatic carbocycles. The predicted molar refractivity (Wildman–Crippen MR) is 72.7 cm³/mol. The summed E-state index contributed by atoms with van der Waals surface area (Å²) >= 11 is 0. The Hall–Kier alpha value is -1.36. The SMILES string of the molecule is Cl.NCC1OCCc2c(-c3ncc[nH]3)cccc21. The number of nitrogens with zero attached hydrogens (tertiary/aromatic N) is 1. The largest absolute Gasteiger partial charge is 0.372 e. The standard InChI is InChI=1S/C13H15N3O.ClH/c14-8-12-10-2-1-3-11(9(10)4-7-17-12)13-15-5-6-16-13;/h1-3,5-6,12H,4,7-8,14H2,(H,15,16);1H. The number of hydrogen-bond acceptors (Lipinski definition) is 3. The van der Waals surface area contributed by atoms with Crippen LogP contribution in [-0.2, 0) is 11.2 Å². The van der Waals surface area contributed by atoms with Gasteiger partial charge in [0.25, 0.3) is 0 Å². The lowest BCUT2D eigenvalue weighted by molar-refractivity contribution is 0.0486. The molecule has 1 aromatic carbocycles. The fourth-order valence-corrected chi connectivity index (χ4v) is 2.41. The first kappa shape index (κ1) is 13.1. The van der Waals surface area contributed by atoms with E-state index in [1.165, 1.54) is 11.1 Å². The van der Waals surface area contributed by atoms with E-state index >= 15 is 0 Å². The molecule has 0 saturated carbocycles. The maximum absolute atomic E-state index is 5.74. The number of hydrogen-bond donors (Lipinski definition) is 2. The highest BCUT2D eigenvalue weighted by molar-refractivity contribution is 5.85. The minimum Gasteiger partial charge on any atom is -0.372 e. The molecule has 5 heteroatoms. The van der Waals surface area contributed by atoms with Crippen molar-refractivity contribution in [3.05, 3.63) is 41.7 Å². The Bertz CT molecular complexity index is 513. The van der Waals surface area contributed by atoms with Crippen molar-refractivity contribution in [2.75, 3.05) is 13.2 Å². The molecule has 0 fully saturated rings. The van der Waals surface area contributed by atoms with E-state index in [2.05, 4.69) is 22.1 Å². The number of nitrogens with one attached hydrogen (secondary N) is 1. The number of imidazole rings is 1. The van der Waals surface area contributed by atoms with Gasteiger partial charge in [-0.25, -0.2) is 4.98 Å². The van der Waals surface area contributed by atoms with Crippen LogP contribution in [0.15, 0.2) is 30.6 Å². The van der Waals surface area contributed by atoms with E-state index in [4.69, 9.17) is 10.5 Å². The number of H-pyrrole nitrogens is 1. The Morgan fingerprint density at radius 3 is 3.06 bits per heavy atom. The van der Waals surface area contributed by atoms with Crippen molar-refractivity contribution < 1.29 is 4.74 Å². The van der Waals surface area contributed by atoms with Crippen LogP contribution in [0.25, 0.3) is 11.4 Å². The zero-order valence-electron chi connectivity index (χ0n) is 9.93. The van der Waals surface area contributed by atoms with E-state index in [9.17, 15) is 0 Å². The van der Waals surface area contributed by atoms with Crippen molar-refractivity contribution >= 4 is 12.4 Å². The van der Waals surface area contributed by atoms with E-state index in [1.54, 1.807) is 6.20 Å². The monoisotopic (exact) mass is 265 g/mol. The summed E-state index contributed by atoms with van der Waals surface area (Å²) in [6.45, 7) is 1.25. The lowest BCUT2D eigenvalue weighted by Crippen LogP contribution is -2.23. The second-order valence-corrected chi connectivity index (χ2v) is 4.16. The van der Waals surface area contributed by atoms with Gasteiger partial charge in [0.15, 0.2) is 0 Å². The summed E-state index contributed by atoms with van der Waals surface area (Å²) in [5.41, 5.74) is 9.41. The molecule has 18 heavy (non-hydrogen) atoms. The molecule has 0 amide bonds. The van der Waals surface area contributed by atoms with Gasteiger partial charge < -0.3 is 15.5 Å². The molecule has 1 atom stereocenters. The molecule has 1 aliphatic heterocycles. The Morgan fingerprint density at radius 1 is 1.44 bits per heavy atom. The molecule has 1 unspecified atom stereocenters. The van der Waals surface area contributed by atoms with Crippen LogP contribution >= 0.6 is 12.4 Å². The summed E-state index contributed by atoms with van der Waals surface area (Å²) in [4.78, 5) is 7.47. The quantitative estimate of drug-likeness (QED) is 0.874. The van der Waals surface area contributed by atoms with Crippen LogP contribution in [0.5, 0.6) is 0 Å². The van der Waals surface area contributed by atoms with Crippen molar-refractivity contribution in [1.82, 2.24) is 9.97 Å². The molecule has 1 aliphatic rings. The first-order valence-electron chi connectivity index (χ1n) is 5.83. The summed E-state index contributed by atoms with van der Waals surface area (Å²) in [5, 5.41) is 0. The normalized spacial score (nSPS) is 17.9. The number of nitrogens with two attached hydrogens (primary N) is 1. The molecule has 0 bridgehead atoms. The molecule has 0 saturated heterocycles. The van der Waals surface area contributed by atoms with E-state index in [1.807, 2.05) is 12.3 Å². The Balaban J connectivity index is 0.00000120. The molecule has 2 aromatic rings. The summed E-state index contributed by atoms with van der Waals surface area (Å²) in [6.07, 6.45) is 4.56. The molecular weight excluding hydrogens is 250 g/mol. The van der Waals surface area contributed by atoms with Crippen LogP contribution in [0, 0.1) is 0 Å².